The maximum absolute atomic E-state index is 12.4. The van der Waals surface area contributed by atoms with Gasteiger partial charge in [0, 0.05) is 19.0 Å². The predicted octanol–water partition coefficient (Wildman–Crippen LogP) is 2.08. The molecule has 0 bridgehead atoms. The van der Waals surface area contributed by atoms with Crippen molar-refractivity contribution in [1.82, 2.24) is 25.1 Å². The quantitative estimate of drug-likeness (QED) is 0.571. The summed E-state index contributed by atoms with van der Waals surface area (Å²) in [5, 5.41) is 6.98. The highest BCUT2D eigenvalue weighted by molar-refractivity contribution is 5.92. The molecule has 0 aliphatic heterocycles. The SMILES string of the molecule is O=C(NCCc1nc2ccccc2[nH]1)c1ccc(=O)n(-c2ccccc2)n1. The van der Waals surface area contributed by atoms with Gasteiger partial charge in [-0.2, -0.15) is 9.78 Å². The smallest absolute Gasteiger partial charge is 0.271 e. The first-order valence-electron chi connectivity index (χ1n) is 8.58. The first-order valence-corrected chi connectivity index (χ1v) is 8.58. The van der Waals surface area contributed by atoms with Gasteiger partial charge >= 0.3 is 0 Å². The Bertz CT molecular complexity index is 1110. The van der Waals surface area contributed by atoms with Gasteiger partial charge in [-0.1, -0.05) is 30.3 Å². The van der Waals surface area contributed by atoms with Crippen LogP contribution in [0.3, 0.4) is 0 Å². The molecule has 7 heteroatoms. The highest BCUT2D eigenvalue weighted by Gasteiger charge is 2.11. The van der Waals surface area contributed by atoms with Crippen molar-refractivity contribution in [3.05, 3.63) is 88.6 Å². The largest absolute Gasteiger partial charge is 0.350 e. The van der Waals surface area contributed by atoms with Crippen molar-refractivity contribution < 1.29 is 4.79 Å². The number of amides is 1. The van der Waals surface area contributed by atoms with E-state index in [1.807, 2.05) is 42.5 Å². The molecular weight excluding hydrogens is 342 g/mol. The fourth-order valence-corrected chi connectivity index (χ4v) is 2.80. The van der Waals surface area contributed by atoms with E-state index in [0.29, 0.717) is 18.7 Å². The average Bonchev–Trinajstić information content (AvgIpc) is 3.11. The highest BCUT2D eigenvalue weighted by atomic mass is 16.2. The van der Waals surface area contributed by atoms with Crippen LogP contribution in [0.5, 0.6) is 0 Å². The fraction of sp³-hybridized carbons (Fsp3) is 0.100. The Morgan fingerprint density at radius 1 is 1.00 bits per heavy atom. The maximum atomic E-state index is 12.4. The van der Waals surface area contributed by atoms with Crippen molar-refractivity contribution in [3.63, 3.8) is 0 Å². The van der Waals surface area contributed by atoms with E-state index in [0.717, 1.165) is 16.9 Å². The van der Waals surface area contributed by atoms with Crippen molar-refractivity contribution in [2.24, 2.45) is 0 Å². The summed E-state index contributed by atoms with van der Waals surface area (Å²) < 4.78 is 1.22. The van der Waals surface area contributed by atoms with Gasteiger partial charge in [0.15, 0.2) is 0 Å². The molecule has 134 valence electrons. The van der Waals surface area contributed by atoms with E-state index >= 15 is 0 Å². The van der Waals surface area contributed by atoms with E-state index < -0.39 is 0 Å². The van der Waals surface area contributed by atoms with Crippen LogP contribution in [0.15, 0.2) is 71.5 Å². The second kappa shape index (κ2) is 7.25. The van der Waals surface area contributed by atoms with Gasteiger partial charge in [-0.25, -0.2) is 4.98 Å². The Labute approximate surface area is 154 Å². The van der Waals surface area contributed by atoms with E-state index in [1.165, 1.54) is 16.8 Å². The van der Waals surface area contributed by atoms with Crippen molar-refractivity contribution >= 4 is 16.9 Å². The summed E-state index contributed by atoms with van der Waals surface area (Å²) in [6, 6.07) is 19.5. The first kappa shape index (κ1) is 16.7. The highest BCUT2D eigenvalue weighted by Crippen LogP contribution is 2.10. The van der Waals surface area contributed by atoms with E-state index in [2.05, 4.69) is 20.4 Å². The van der Waals surface area contributed by atoms with Crippen molar-refractivity contribution in [1.29, 1.82) is 0 Å². The Hall–Kier alpha value is -3.74. The molecule has 0 aliphatic rings. The number of rotatable bonds is 5. The zero-order valence-corrected chi connectivity index (χ0v) is 14.4. The second-order valence-electron chi connectivity index (χ2n) is 6.01. The molecule has 0 saturated heterocycles. The molecule has 7 nitrogen and oxygen atoms in total. The maximum Gasteiger partial charge on any atom is 0.271 e. The van der Waals surface area contributed by atoms with Gasteiger partial charge in [0.2, 0.25) is 0 Å². The van der Waals surface area contributed by atoms with Crippen molar-refractivity contribution in [2.75, 3.05) is 6.54 Å². The molecule has 4 rings (SSSR count). The Kier molecular flexibility index (Phi) is 4.49. The topological polar surface area (TPSA) is 92.7 Å². The second-order valence-corrected chi connectivity index (χ2v) is 6.01. The van der Waals surface area contributed by atoms with E-state index in [4.69, 9.17) is 0 Å². The number of carbonyl (C=O) groups excluding carboxylic acids is 1. The lowest BCUT2D eigenvalue weighted by Crippen LogP contribution is -2.30. The van der Waals surface area contributed by atoms with Crippen LogP contribution in [0.4, 0.5) is 0 Å². The number of nitrogens with zero attached hydrogens (tertiary/aromatic N) is 3. The molecule has 1 amide bonds. The lowest BCUT2D eigenvalue weighted by Gasteiger charge is -2.07. The number of aromatic amines is 1. The number of aromatic nitrogens is 4. The molecule has 0 atom stereocenters. The number of nitrogens with one attached hydrogen (secondary N) is 2. The third-order valence-corrected chi connectivity index (χ3v) is 4.12. The molecule has 4 aromatic rings. The number of benzene rings is 2. The number of carbonyl (C=O) groups is 1. The van der Waals surface area contributed by atoms with Crippen LogP contribution < -0.4 is 10.9 Å². The molecule has 2 aromatic heterocycles. The molecule has 0 aliphatic carbocycles. The molecule has 2 heterocycles. The Morgan fingerprint density at radius 2 is 1.78 bits per heavy atom. The average molecular weight is 359 g/mol. The monoisotopic (exact) mass is 359 g/mol. The standard InChI is InChI=1S/C20H17N5O2/c26-19-11-10-17(24-25(19)14-6-2-1-3-7-14)20(27)21-13-12-18-22-15-8-4-5-9-16(15)23-18/h1-11H,12-13H2,(H,21,27)(H,22,23). The number of fused-ring (bicyclic) bond motifs is 1. The van der Waals surface area contributed by atoms with Crippen LogP contribution in [0, 0.1) is 0 Å². The minimum absolute atomic E-state index is 0.183. The Balaban J connectivity index is 1.44. The minimum Gasteiger partial charge on any atom is -0.350 e. The minimum atomic E-state index is -0.337. The zero-order chi connectivity index (χ0) is 18.6. The van der Waals surface area contributed by atoms with Gasteiger partial charge < -0.3 is 10.3 Å². The number of imidazole rings is 1. The summed E-state index contributed by atoms with van der Waals surface area (Å²) in [6.45, 7) is 0.408. The van der Waals surface area contributed by atoms with E-state index in [1.54, 1.807) is 12.1 Å². The molecular formula is C20H17N5O2. The lowest BCUT2D eigenvalue weighted by molar-refractivity contribution is 0.0947. The lowest BCUT2D eigenvalue weighted by atomic mass is 10.3. The summed E-state index contributed by atoms with van der Waals surface area (Å²) in [5.41, 5.74) is 2.37. The molecule has 2 aromatic carbocycles. The van der Waals surface area contributed by atoms with Gasteiger partial charge in [-0.3, -0.25) is 9.59 Å². The van der Waals surface area contributed by atoms with Crippen molar-refractivity contribution in [3.8, 4) is 5.69 Å². The van der Waals surface area contributed by atoms with Gasteiger partial charge in [-0.05, 0) is 30.3 Å². The molecule has 0 saturated carbocycles. The number of para-hydroxylation sites is 3. The molecule has 27 heavy (non-hydrogen) atoms. The predicted molar refractivity (Wildman–Crippen MR) is 102 cm³/mol. The van der Waals surface area contributed by atoms with Crippen molar-refractivity contribution in [2.45, 2.75) is 6.42 Å². The van der Waals surface area contributed by atoms with Crippen LogP contribution in [-0.4, -0.2) is 32.2 Å². The Morgan fingerprint density at radius 3 is 2.59 bits per heavy atom. The zero-order valence-electron chi connectivity index (χ0n) is 14.4. The summed E-state index contributed by atoms with van der Waals surface area (Å²) >= 11 is 0. The summed E-state index contributed by atoms with van der Waals surface area (Å²) in [6.07, 6.45) is 0.568. The van der Waals surface area contributed by atoms with E-state index in [-0.39, 0.29) is 17.2 Å². The summed E-state index contributed by atoms with van der Waals surface area (Å²) in [5.74, 6) is 0.467. The van der Waals surface area contributed by atoms with Gasteiger partial charge in [-0.15, -0.1) is 0 Å². The third kappa shape index (κ3) is 3.62. The first-order chi connectivity index (χ1) is 13.2. The van der Waals surface area contributed by atoms with Crippen LogP contribution in [-0.2, 0) is 6.42 Å². The van der Waals surface area contributed by atoms with Gasteiger partial charge in [0.1, 0.15) is 11.5 Å². The van der Waals surface area contributed by atoms with Gasteiger partial charge in [0.25, 0.3) is 11.5 Å². The molecule has 0 radical (unpaired) electrons. The molecule has 0 unspecified atom stereocenters. The number of hydrogen-bond donors (Lipinski definition) is 2. The number of H-pyrrole nitrogens is 1. The molecule has 2 N–H and O–H groups in total. The van der Waals surface area contributed by atoms with Crippen LogP contribution >= 0.6 is 0 Å². The summed E-state index contributed by atoms with van der Waals surface area (Å²) in [7, 11) is 0. The molecule has 0 spiro atoms. The summed E-state index contributed by atoms with van der Waals surface area (Å²) in [4.78, 5) is 32.1. The van der Waals surface area contributed by atoms with Gasteiger partial charge in [0.05, 0.1) is 16.7 Å². The third-order valence-electron chi connectivity index (χ3n) is 4.12. The normalized spacial score (nSPS) is 10.8. The van der Waals surface area contributed by atoms with Crippen LogP contribution in [0.1, 0.15) is 16.3 Å². The fourth-order valence-electron chi connectivity index (χ4n) is 2.80. The van der Waals surface area contributed by atoms with Crippen LogP contribution in [0.2, 0.25) is 0 Å². The molecule has 0 fully saturated rings. The number of hydrogen-bond acceptors (Lipinski definition) is 4. The van der Waals surface area contributed by atoms with Crippen LogP contribution in [0.25, 0.3) is 16.7 Å². The van der Waals surface area contributed by atoms with E-state index in [9.17, 15) is 9.59 Å².